The standard InChI is InChI=1S/C10H15F3N2/c1-9(2,3)6-8-4-5-14-15(8)7-10(11,12)13/h4-5H,6-7H2,1-3H3. The van der Waals surface area contributed by atoms with Crippen molar-refractivity contribution in [3.8, 4) is 0 Å². The molecule has 2 nitrogen and oxygen atoms in total. The maximum Gasteiger partial charge on any atom is 0.408 e. The molecule has 0 radical (unpaired) electrons. The first-order valence-corrected chi connectivity index (χ1v) is 4.75. The first kappa shape index (κ1) is 12.1. The van der Waals surface area contributed by atoms with E-state index in [1.165, 1.54) is 6.20 Å². The van der Waals surface area contributed by atoms with Gasteiger partial charge in [0, 0.05) is 11.9 Å². The highest BCUT2D eigenvalue weighted by molar-refractivity contribution is 5.03. The lowest BCUT2D eigenvalue weighted by Crippen LogP contribution is -2.22. The lowest BCUT2D eigenvalue weighted by Gasteiger charge is -2.19. The Hall–Kier alpha value is -1.00. The van der Waals surface area contributed by atoms with E-state index in [0.717, 1.165) is 4.68 Å². The van der Waals surface area contributed by atoms with E-state index in [0.29, 0.717) is 12.1 Å². The van der Waals surface area contributed by atoms with E-state index < -0.39 is 12.7 Å². The molecular formula is C10H15F3N2. The Bertz CT molecular complexity index is 290. The molecule has 1 aromatic heterocycles. The van der Waals surface area contributed by atoms with Crippen molar-refractivity contribution in [2.75, 3.05) is 0 Å². The third-order valence-corrected chi connectivity index (χ3v) is 1.85. The topological polar surface area (TPSA) is 17.8 Å². The van der Waals surface area contributed by atoms with Crippen LogP contribution in [0.15, 0.2) is 12.3 Å². The van der Waals surface area contributed by atoms with Gasteiger partial charge >= 0.3 is 6.18 Å². The van der Waals surface area contributed by atoms with E-state index in [1.807, 2.05) is 20.8 Å². The zero-order valence-electron chi connectivity index (χ0n) is 9.10. The number of aromatic nitrogens is 2. The molecule has 5 heteroatoms. The van der Waals surface area contributed by atoms with Gasteiger partial charge < -0.3 is 0 Å². The van der Waals surface area contributed by atoms with Crippen LogP contribution in [0, 0.1) is 5.41 Å². The molecule has 86 valence electrons. The maximum atomic E-state index is 12.2. The molecule has 0 N–H and O–H groups in total. The van der Waals surface area contributed by atoms with Gasteiger partial charge in [-0.1, -0.05) is 20.8 Å². The summed E-state index contributed by atoms with van der Waals surface area (Å²) in [6.45, 7) is 4.94. The predicted molar refractivity (Wildman–Crippen MR) is 51.4 cm³/mol. The van der Waals surface area contributed by atoms with Crippen LogP contribution in [-0.2, 0) is 13.0 Å². The number of alkyl halides is 3. The van der Waals surface area contributed by atoms with Crippen LogP contribution in [0.5, 0.6) is 0 Å². The van der Waals surface area contributed by atoms with E-state index in [4.69, 9.17) is 0 Å². The van der Waals surface area contributed by atoms with E-state index >= 15 is 0 Å². The number of halogens is 3. The molecule has 1 rings (SSSR count). The van der Waals surface area contributed by atoms with Crippen molar-refractivity contribution in [1.29, 1.82) is 0 Å². The molecule has 0 unspecified atom stereocenters. The molecule has 1 aromatic rings. The first-order valence-electron chi connectivity index (χ1n) is 4.75. The molecule has 0 aliphatic heterocycles. The van der Waals surface area contributed by atoms with Crippen molar-refractivity contribution in [3.63, 3.8) is 0 Å². The first-order chi connectivity index (χ1) is 6.67. The van der Waals surface area contributed by atoms with Gasteiger partial charge in [0.15, 0.2) is 0 Å². The van der Waals surface area contributed by atoms with Gasteiger partial charge in [-0.15, -0.1) is 0 Å². The molecular weight excluding hydrogens is 205 g/mol. The zero-order valence-corrected chi connectivity index (χ0v) is 9.10. The Kier molecular flexibility index (Phi) is 3.11. The van der Waals surface area contributed by atoms with E-state index in [2.05, 4.69) is 5.10 Å². The fraction of sp³-hybridized carbons (Fsp3) is 0.700. The third kappa shape index (κ3) is 4.36. The Morgan fingerprint density at radius 2 is 1.87 bits per heavy atom. The third-order valence-electron chi connectivity index (χ3n) is 1.85. The Morgan fingerprint density at radius 3 is 2.33 bits per heavy atom. The summed E-state index contributed by atoms with van der Waals surface area (Å²) in [7, 11) is 0. The van der Waals surface area contributed by atoms with Crippen molar-refractivity contribution in [2.24, 2.45) is 5.41 Å². The largest absolute Gasteiger partial charge is 0.408 e. The van der Waals surface area contributed by atoms with E-state index in [9.17, 15) is 13.2 Å². The predicted octanol–water partition coefficient (Wildman–Crippen LogP) is 3.03. The molecule has 1 heterocycles. The summed E-state index contributed by atoms with van der Waals surface area (Å²) in [5.41, 5.74) is 0.587. The SMILES string of the molecule is CC(C)(C)Cc1ccnn1CC(F)(F)F. The summed E-state index contributed by atoms with van der Waals surface area (Å²) in [4.78, 5) is 0. The molecule has 0 spiro atoms. The van der Waals surface area contributed by atoms with Crippen molar-refractivity contribution < 1.29 is 13.2 Å². The Morgan fingerprint density at radius 1 is 1.27 bits per heavy atom. The Labute approximate surface area is 87.1 Å². The van der Waals surface area contributed by atoms with Crippen LogP contribution < -0.4 is 0 Å². The average molecular weight is 220 g/mol. The fourth-order valence-corrected chi connectivity index (χ4v) is 1.37. The lowest BCUT2D eigenvalue weighted by atomic mass is 9.90. The van der Waals surface area contributed by atoms with Gasteiger partial charge in [-0.3, -0.25) is 4.68 Å². The van der Waals surface area contributed by atoms with Crippen molar-refractivity contribution in [3.05, 3.63) is 18.0 Å². The molecule has 15 heavy (non-hydrogen) atoms. The average Bonchev–Trinajstić information content (AvgIpc) is 2.29. The smallest absolute Gasteiger partial charge is 0.260 e. The number of rotatable bonds is 2. The summed E-state index contributed by atoms with van der Waals surface area (Å²) >= 11 is 0. The molecule has 0 saturated heterocycles. The van der Waals surface area contributed by atoms with Gasteiger partial charge in [0.2, 0.25) is 0 Å². The van der Waals surface area contributed by atoms with Gasteiger partial charge in [0.25, 0.3) is 0 Å². The van der Waals surface area contributed by atoms with Gasteiger partial charge in [-0.2, -0.15) is 18.3 Å². The second kappa shape index (κ2) is 3.87. The minimum Gasteiger partial charge on any atom is -0.260 e. The highest BCUT2D eigenvalue weighted by atomic mass is 19.4. The van der Waals surface area contributed by atoms with E-state index in [1.54, 1.807) is 6.07 Å². The van der Waals surface area contributed by atoms with Crippen LogP contribution in [0.25, 0.3) is 0 Å². The summed E-state index contributed by atoms with van der Waals surface area (Å²) in [5.74, 6) is 0. The number of nitrogens with zero attached hydrogens (tertiary/aromatic N) is 2. The Balaban J connectivity index is 2.79. The lowest BCUT2D eigenvalue weighted by molar-refractivity contribution is -0.143. The van der Waals surface area contributed by atoms with Gasteiger partial charge in [0.1, 0.15) is 6.54 Å². The molecule has 0 aliphatic rings. The summed E-state index contributed by atoms with van der Waals surface area (Å²) < 4.78 is 37.5. The molecule has 0 atom stereocenters. The quantitative estimate of drug-likeness (QED) is 0.749. The van der Waals surface area contributed by atoms with Crippen LogP contribution >= 0.6 is 0 Å². The minimum atomic E-state index is -4.21. The highest BCUT2D eigenvalue weighted by Gasteiger charge is 2.29. The monoisotopic (exact) mass is 220 g/mol. The molecule has 0 aromatic carbocycles. The van der Waals surface area contributed by atoms with Crippen LogP contribution in [0.4, 0.5) is 13.2 Å². The number of hydrogen-bond donors (Lipinski definition) is 0. The second-order valence-corrected chi connectivity index (χ2v) is 4.83. The van der Waals surface area contributed by atoms with Crippen LogP contribution in [0.1, 0.15) is 26.5 Å². The van der Waals surface area contributed by atoms with E-state index in [-0.39, 0.29) is 5.41 Å². The molecule has 0 amide bonds. The summed E-state index contributed by atoms with van der Waals surface area (Å²) in [5, 5.41) is 3.68. The van der Waals surface area contributed by atoms with Crippen LogP contribution in [0.2, 0.25) is 0 Å². The highest BCUT2D eigenvalue weighted by Crippen LogP contribution is 2.23. The molecule has 0 aliphatic carbocycles. The molecule has 0 fully saturated rings. The number of hydrogen-bond acceptors (Lipinski definition) is 1. The van der Waals surface area contributed by atoms with Crippen LogP contribution in [-0.4, -0.2) is 16.0 Å². The molecule has 0 bridgehead atoms. The van der Waals surface area contributed by atoms with Crippen molar-refractivity contribution in [1.82, 2.24) is 9.78 Å². The maximum absolute atomic E-state index is 12.2. The van der Waals surface area contributed by atoms with Gasteiger partial charge in [-0.05, 0) is 17.9 Å². The van der Waals surface area contributed by atoms with Gasteiger partial charge in [-0.25, -0.2) is 0 Å². The molecule has 0 saturated carbocycles. The summed E-state index contributed by atoms with van der Waals surface area (Å²) in [6, 6.07) is 1.64. The minimum absolute atomic E-state index is 0.0383. The van der Waals surface area contributed by atoms with Crippen molar-refractivity contribution >= 4 is 0 Å². The zero-order chi connectivity index (χ0) is 11.7. The second-order valence-electron chi connectivity index (χ2n) is 4.83. The normalized spacial score (nSPS) is 13.2. The van der Waals surface area contributed by atoms with Crippen molar-refractivity contribution in [2.45, 2.75) is 39.9 Å². The fourth-order valence-electron chi connectivity index (χ4n) is 1.37. The summed E-state index contributed by atoms with van der Waals surface area (Å²) in [6.07, 6.45) is -2.21. The van der Waals surface area contributed by atoms with Gasteiger partial charge in [0.05, 0.1) is 0 Å². The van der Waals surface area contributed by atoms with Crippen LogP contribution in [0.3, 0.4) is 0 Å².